The zero-order valence-corrected chi connectivity index (χ0v) is 13.2. The van der Waals surface area contributed by atoms with Gasteiger partial charge in [0.2, 0.25) is 5.91 Å². The van der Waals surface area contributed by atoms with Crippen molar-refractivity contribution in [1.82, 2.24) is 9.80 Å². The lowest BCUT2D eigenvalue weighted by atomic mass is 9.81. The molecule has 1 saturated carbocycles. The van der Waals surface area contributed by atoms with E-state index in [1.54, 1.807) is 11.9 Å². The molecule has 118 valence electrons. The largest absolute Gasteiger partial charge is 0.393 e. The molecule has 0 radical (unpaired) electrons. The first-order valence-corrected chi connectivity index (χ1v) is 8.07. The third-order valence-electron chi connectivity index (χ3n) is 5.25. The van der Waals surface area contributed by atoms with Crippen molar-refractivity contribution in [2.45, 2.75) is 57.1 Å². The normalized spacial score (nSPS) is 27.0. The van der Waals surface area contributed by atoms with Crippen LogP contribution in [0.15, 0.2) is 0 Å². The van der Waals surface area contributed by atoms with Crippen LogP contribution in [0.3, 0.4) is 0 Å². The zero-order valence-electron chi connectivity index (χ0n) is 13.2. The summed E-state index contributed by atoms with van der Waals surface area (Å²) < 4.78 is 0. The minimum absolute atomic E-state index is 0.0321. The number of likely N-dealkylation sites (tertiary alicyclic amines) is 1. The van der Waals surface area contributed by atoms with Gasteiger partial charge in [-0.25, -0.2) is 0 Å². The van der Waals surface area contributed by atoms with Gasteiger partial charge in [0.05, 0.1) is 18.7 Å². The van der Waals surface area contributed by atoms with Gasteiger partial charge >= 0.3 is 0 Å². The molecule has 1 N–H and O–H groups in total. The summed E-state index contributed by atoms with van der Waals surface area (Å²) in [6, 6.07) is 2.40. The number of nitriles is 1. The molecule has 1 heterocycles. The molecular formula is C16H27N3O2. The van der Waals surface area contributed by atoms with Crippen molar-refractivity contribution in [2.24, 2.45) is 5.92 Å². The van der Waals surface area contributed by atoms with Gasteiger partial charge in [0.1, 0.15) is 5.54 Å². The first-order chi connectivity index (χ1) is 9.98. The molecule has 0 aromatic rings. The number of aliphatic hydroxyl groups excluding tert-OH is 1. The van der Waals surface area contributed by atoms with Gasteiger partial charge < -0.3 is 10.0 Å². The Kier molecular flexibility index (Phi) is 5.23. The predicted octanol–water partition coefficient (Wildman–Crippen LogP) is 1.37. The Balaban J connectivity index is 1.92. The Bertz CT molecular complexity index is 410. The molecule has 0 aromatic carbocycles. The fraction of sp³-hybridized carbons (Fsp3) is 0.875. The maximum Gasteiger partial charge on any atom is 0.237 e. The predicted molar refractivity (Wildman–Crippen MR) is 80.4 cm³/mol. The first-order valence-electron chi connectivity index (χ1n) is 8.07. The average molecular weight is 293 g/mol. The van der Waals surface area contributed by atoms with E-state index >= 15 is 0 Å². The first kappa shape index (κ1) is 16.3. The third-order valence-corrected chi connectivity index (χ3v) is 5.25. The number of amides is 1. The number of rotatable bonds is 4. The highest BCUT2D eigenvalue weighted by molar-refractivity contribution is 5.79. The summed E-state index contributed by atoms with van der Waals surface area (Å²) in [6.07, 6.45) is 5.43. The molecular weight excluding hydrogens is 266 g/mol. The average Bonchev–Trinajstić information content (AvgIpc) is 2.96. The second-order valence-corrected chi connectivity index (χ2v) is 6.68. The van der Waals surface area contributed by atoms with Crippen molar-refractivity contribution < 1.29 is 9.90 Å². The van der Waals surface area contributed by atoms with Crippen LogP contribution in [0.2, 0.25) is 0 Å². The summed E-state index contributed by atoms with van der Waals surface area (Å²) in [5.74, 6) is 0.299. The van der Waals surface area contributed by atoms with Crippen molar-refractivity contribution in [3.05, 3.63) is 0 Å². The summed E-state index contributed by atoms with van der Waals surface area (Å²) in [7, 11) is 1.78. The fourth-order valence-corrected chi connectivity index (χ4v) is 3.59. The Morgan fingerprint density at radius 1 is 1.48 bits per heavy atom. The highest BCUT2D eigenvalue weighted by Crippen LogP contribution is 2.32. The summed E-state index contributed by atoms with van der Waals surface area (Å²) in [5, 5.41) is 19.2. The number of carbonyl (C=O) groups excluding carboxylic acids is 1. The Morgan fingerprint density at radius 2 is 2.14 bits per heavy atom. The van der Waals surface area contributed by atoms with Crippen LogP contribution >= 0.6 is 0 Å². The summed E-state index contributed by atoms with van der Waals surface area (Å²) in [4.78, 5) is 16.3. The zero-order chi connectivity index (χ0) is 15.5. The smallest absolute Gasteiger partial charge is 0.237 e. The van der Waals surface area contributed by atoms with Crippen LogP contribution in [0, 0.1) is 17.2 Å². The van der Waals surface area contributed by atoms with Gasteiger partial charge in [0.15, 0.2) is 0 Å². The number of hydrogen-bond donors (Lipinski definition) is 1. The standard InChI is InChI=1S/C16H27N3O2/c1-13(20)14-6-9-19(10-14)11-15(21)18(2)16(12-17)7-4-3-5-8-16/h13-14,20H,3-11H2,1-2H3. The molecule has 1 aliphatic carbocycles. The molecule has 2 rings (SSSR count). The number of nitrogens with zero attached hydrogens (tertiary/aromatic N) is 3. The maximum atomic E-state index is 12.5. The number of hydrogen-bond acceptors (Lipinski definition) is 4. The molecule has 0 spiro atoms. The van der Waals surface area contributed by atoms with Crippen LogP contribution in [0.5, 0.6) is 0 Å². The van der Waals surface area contributed by atoms with E-state index in [2.05, 4.69) is 11.0 Å². The monoisotopic (exact) mass is 293 g/mol. The molecule has 0 bridgehead atoms. The fourth-order valence-electron chi connectivity index (χ4n) is 3.59. The van der Waals surface area contributed by atoms with Crippen molar-refractivity contribution in [3.63, 3.8) is 0 Å². The van der Waals surface area contributed by atoms with E-state index in [1.165, 1.54) is 0 Å². The topological polar surface area (TPSA) is 67.6 Å². The molecule has 0 aromatic heterocycles. The van der Waals surface area contributed by atoms with Crippen LogP contribution < -0.4 is 0 Å². The molecule has 5 heteroatoms. The van der Waals surface area contributed by atoms with Gasteiger partial charge in [-0.1, -0.05) is 19.3 Å². The SMILES string of the molecule is CC(O)C1CCN(CC(=O)N(C)C2(C#N)CCCCC2)C1. The van der Waals surface area contributed by atoms with E-state index in [0.29, 0.717) is 6.54 Å². The molecule has 2 unspecified atom stereocenters. The van der Waals surface area contributed by atoms with Crippen molar-refractivity contribution in [3.8, 4) is 6.07 Å². The molecule has 1 saturated heterocycles. The second kappa shape index (κ2) is 6.76. The molecule has 5 nitrogen and oxygen atoms in total. The lowest BCUT2D eigenvalue weighted by Crippen LogP contribution is -2.52. The van der Waals surface area contributed by atoms with Crippen molar-refractivity contribution >= 4 is 5.91 Å². The molecule has 1 aliphatic heterocycles. The Labute approximate surface area is 127 Å². The van der Waals surface area contributed by atoms with Crippen LogP contribution in [-0.2, 0) is 4.79 Å². The Hall–Kier alpha value is -1.12. The number of aliphatic hydroxyl groups is 1. The van der Waals surface area contributed by atoms with Crippen molar-refractivity contribution in [2.75, 3.05) is 26.7 Å². The van der Waals surface area contributed by atoms with E-state index in [9.17, 15) is 15.2 Å². The van der Waals surface area contributed by atoms with Crippen LogP contribution in [0.4, 0.5) is 0 Å². The van der Waals surface area contributed by atoms with Gasteiger partial charge in [-0.2, -0.15) is 5.26 Å². The third kappa shape index (κ3) is 3.56. The van der Waals surface area contributed by atoms with E-state index in [1.807, 2.05) is 6.92 Å². The summed E-state index contributed by atoms with van der Waals surface area (Å²) in [6.45, 7) is 3.81. The van der Waals surface area contributed by atoms with Gasteiger partial charge in [-0.3, -0.25) is 9.69 Å². The van der Waals surface area contributed by atoms with E-state index < -0.39 is 5.54 Å². The molecule has 2 fully saturated rings. The van der Waals surface area contributed by atoms with Gasteiger partial charge in [0, 0.05) is 13.6 Å². The molecule has 21 heavy (non-hydrogen) atoms. The van der Waals surface area contributed by atoms with Gasteiger partial charge in [-0.05, 0) is 38.6 Å². The van der Waals surface area contributed by atoms with Crippen LogP contribution in [0.25, 0.3) is 0 Å². The number of carbonyl (C=O) groups is 1. The molecule has 1 amide bonds. The summed E-state index contributed by atoms with van der Waals surface area (Å²) >= 11 is 0. The highest BCUT2D eigenvalue weighted by Gasteiger charge is 2.39. The van der Waals surface area contributed by atoms with E-state index in [0.717, 1.165) is 51.6 Å². The summed E-state index contributed by atoms with van der Waals surface area (Å²) in [5.41, 5.74) is -0.598. The van der Waals surface area contributed by atoms with Gasteiger partial charge in [-0.15, -0.1) is 0 Å². The minimum atomic E-state index is -0.598. The quantitative estimate of drug-likeness (QED) is 0.850. The molecule has 2 atom stereocenters. The maximum absolute atomic E-state index is 12.5. The van der Waals surface area contributed by atoms with Gasteiger partial charge in [0.25, 0.3) is 0 Å². The minimum Gasteiger partial charge on any atom is -0.393 e. The lowest BCUT2D eigenvalue weighted by Gasteiger charge is -2.39. The van der Waals surface area contributed by atoms with Crippen LogP contribution in [-0.4, -0.2) is 59.1 Å². The lowest BCUT2D eigenvalue weighted by molar-refractivity contribution is -0.135. The second-order valence-electron chi connectivity index (χ2n) is 6.68. The van der Waals surface area contributed by atoms with E-state index in [-0.39, 0.29) is 17.9 Å². The van der Waals surface area contributed by atoms with Crippen molar-refractivity contribution in [1.29, 1.82) is 5.26 Å². The Morgan fingerprint density at radius 3 is 2.67 bits per heavy atom. The van der Waals surface area contributed by atoms with Crippen LogP contribution in [0.1, 0.15) is 45.4 Å². The molecule has 2 aliphatic rings. The van der Waals surface area contributed by atoms with E-state index in [4.69, 9.17) is 0 Å². The highest BCUT2D eigenvalue weighted by atomic mass is 16.3. The number of likely N-dealkylation sites (N-methyl/N-ethyl adjacent to an activating group) is 1.